The van der Waals surface area contributed by atoms with Gasteiger partial charge in [-0.2, -0.15) is 0 Å². The normalized spacial score (nSPS) is 15.0. The van der Waals surface area contributed by atoms with Gasteiger partial charge in [-0.05, 0) is 40.8 Å². The summed E-state index contributed by atoms with van der Waals surface area (Å²) in [5, 5.41) is 2.08. The third kappa shape index (κ3) is 4.17. The number of ether oxygens (including phenoxy) is 1. The van der Waals surface area contributed by atoms with Gasteiger partial charge in [0.05, 0.1) is 10.6 Å². The van der Waals surface area contributed by atoms with Crippen LogP contribution in [0.5, 0.6) is 5.75 Å². The number of carbonyl (C=O) groups excluding carboxylic acids is 1. The molecule has 0 saturated carbocycles. The molecule has 1 heterocycles. The highest BCUT2D eigenvalue weighted by molar-refractivity contribution is 8.27. The molecule has 1 fully saturated rings. The van der Waals surface area contributed by atoms with Crippen LogP contribution in [0.2, 0.25) is 0 Å². The summed E-state index contributed by atoms with van der Waals surface area (Å²) >= 11 is 6.90. The fraction of sp³-hybridized carbons (Fsp3) is 0.0370. The lowest BCUT2D eigenvalue weighted by Crippen LogP contribution is -2.27. The number of thiocarbonyl (C=S) groups is 1. The van der Waals surface area contributed by atoms with Crippen LogP contribution in [0.4, 0.5) is 5.69 Å². The van der Waals surface area contributed by atoms with E-state index in [9.17, 15) is 4.79 Å². The van der Waals surface area contributed by atoms with Crippen molar-refractivity contribution in [3.8, 4) is 5.75 Å². The molecule has 5 heteroatoms. The number of hydrogen-bond acceptors (Lipinski definition) is 4. The SMILES string of the molecule is O=C1/C(=C/c2cccc(OCc3ccccc3)c2)SC(=S)N1c1cccc2ccccc12. The molecule has 1 saturated heterocycles. The zero-order chi connectivity index (χ0) is 21.9. The van der Waals surface area contributed by atoms with E-state index in [1.807, 2.05) is 103 Å². The molecule has 0 radical (unpaired) electrons. The summed E-state index contributed by atoms with van der Waals surface area (Å²) in [4.78, 5) is 15.5. The summed E-state index contributed by atoms with van der Waals surface area (Å²) in [6, 6.07) is 31.7. The van der Waals surface area contributed by atoms with E-state index in [-0.39, 0.29) is 5.91 Å². The molecule has 0 atom stereocenters. The van der Waals surface area contributed by atoms with E-state index in [1.165, 1.54) is 11.8 Å². The van der Waals surface area contributed by atoms with Gasteiger partial charge in [-0.1, -0.05) is 103 Å². The highest BCUT2D eigenvalue weighted by Crippen LogP contribution is 2.39. The van der Waals surface area contributed by atoms with E-state index < -0.39 is 0 Å². The van der Waals surface area contributed by atoms with Crippen LogP contribution < -0.4 is 9.64 Å². The quantitative estimate of drug-likeness (QED) is 0.245. The highest BCUT2D eigenvalue weighted by atomic mass is 32.2. The first-order chi connectivity index (χ1) is 15.7. The lowest BCUT2D eigenvalue weighted by atomic mass is 10.1. The smallest absolute Gasteiger partial charge is 0.270 e. The van der Waals surface area contributed by atoms with Crippen molar-refractivity contribution in [1.29, 1.82) is 0 Å². The first-order valence-corrected chi connectivity index (χ1v) is 11.4. The van der Waals surface area contributed by atoms with E-state index in [0.29, 0.717) is 15.8 Å². The van der Waals surface area contributed by atoms with Crippen LogP contribution in [-0.2, 0) is 11.4 Å². The topological polar surface area (TPSA) is 29.5 Å². The third-order valence-electron chi connectivity index (χ3n) is 5.21. The number of benzene rings is 4. The minimum atomic E-state index is -0.105. The molecule has 1 aliphatic heterocycles. The Bertz CT molecular complexity index is 1340. The van der Waals surface area contributed by atoms with Crippen molar-refractivity contribution < 1.29 is 9.53 Å². The van der Waals surface area contributed by atoms with Crippen LogP contribution in [0.25, 0.3) is 16.8 Å². The Morgan fingerprint density at radius 2 is 1.62 bits per heavy atom. The van der Waals surface area contributed by atoms with Crippen LogP contribution in [0.3, 0.4) is 0 Å². The van der Waals surface area contributed by atoms with Gasteiger partial charge in [0.25, 0.3) is 5.91 Å². The fourth-order valence-electron chi connectivity index (χ4n) is 3.67. The molecule has 5 rings (SSSR count). The molecule has 0 bridgehead atoms. The van der Waals surface area contributed by atoms with Crippen LogP contribution in [-0.4, -0.2) is 10.2 Å². The molecule has 0 aromatic heterocycles. The molecule has 32 heavy (non-hydrogen) atoms. The number of thioether (sulfide) groups is 1. The number of nitrogens with zero attached hydrogens (tertiary/aromatic N) is 1. The number of amides is 1. The summed E-state index contributed by atoms with van der Waals surface area (Å²) in [7, 11) is 0. The molecule has 156 valence electrons. The summed E-state index contributed by atoms with van der Waals surface area (Å²) in [6.07, 6.45) is 1.87. The van der Waals surface area contributed by atoms with Gasteiger partial charge >= 0.3 is 0 Å². The number of fused-ring (bicyclic) bond motifs is 1. The van der Waals surface area contributed by atoms with Crippen molar-refractivity contribution in [2.75, 3.05) is 4.90 Å². The minimum Gasteiger partial charge on any atom is -0.489 e. The Labute approximate surface area is 196 Å². The Kier molecular flexibility index (Phi) is 5.75. The van der Waals surface area contributed by atoms with Gasteiger partial charge in [-0.3, -0.25) is 9.69 Å². The molecule has 1 amide bonds. The van der Waals surface area contributed by atoms with E-state index in [0.717, 1.165) is 33.3 Å². The summed E-state index contributed by atoms with van der Waals surface area (Å²) in [6.45, 7) is 0.494. The lowest BCUT2D eigenvalue weighted by Gasteiger charge is -2.17. The molecule has 0 unspecified atom stereocenters. The van der Waals surface area contributed by atoms with Gasteiger partial charge in [0.1, 0.15) is 12.4 Å². The lowest BCUT2D eigenvalue weighted by molar-refractivity contribution is -0.113. The Morgan fingerprint density at radius 1 is 0.875 bits per heavy atom. The summed E-state index contributed by atoms with van der Waals surface area (Å²) in [5.41, 5.74) is 2.82. The number of hydrogen-bond donors (Lipinski definition) is 0. The Balaban J connectivity index is 1.39. The average Bonchev–Trinajstić information content (AvgIpc) is 3.10. The van der Waals surface area contributed by atoms with E-state index in [4.69, 9.17) is 17.0 Å². The molecule has 0 aliphatic carbocycles. The minimum absolute atomic E-state index is 0.105. The largest absolute Gasteiger partial charge is 0.489 e. The van der Waals surface area contributed by atoms with Crippen molar-refractivity contribution in [2.45, 2.75) is 6.61 Å². The van der Waals surface area contributed by atoms with E-state index in [1.54, 1.807) is 4.90 Å². The standard InChI is InChI=1S/C27H19NO2S2/c29-26-25(17-20-10-6-13-22(16-20)30-18-19-8-2-1-3-9-19)32-27(31)28(26)24-15-7-12-21-11-4-5-14-23(21)24/h1-17H,18H2/b25-17-. The van der Waals surface area contributed by atoms with Crippen LogP contribution >= 0.6 is 24.0 Å². The summed E-state index contributed by atoms with van der Waals surface area (Å²) < 4.78 is 6.46. The number of anilines is 1. The van der Waals surface area contributed by atoms with Gasteiger partial charge in [0.2, 0.25) is 0 Å². The predicted molar refractivity (Wildman–Crippen MR) is 137 cm³/mol. The second kappa shape index (κ2) is 8.99. The molecule has 0 spiro atoms. The van der Waals surface area contributed by atoms with Crippen LogP contribution in [0, 0.1) is 0 Å². The maximum absolute atomic E-state index is 13.3. The zero-order valence-electron chi connectivity index (χ0n) is 17.1. The molecule has 4 aromatic rings. The fourth-order valence-corrected chi connectivity index (χ4v) is 4.95. The Hall–Kier alpha value is -3.41. The summed E-state index contributed by atoms with van der Waals surface area (Å²) in [5.74, 6) is 0.652. The monoisotopic (exact) mass is 453 g/mol. The second-order valence-corrected chi connectivity index (χ2v) is 9.04. The average molecular weight is 454 g/mol. The highest BCUT2D eigenvalue weighted by Gasteiger charge is 2.34. The maximum Gasteiger partial charge on any atom is 0.270 e. The van der Waals surface area contributed by atoms with Crippen molar-refractivity contribution in [1.82, 2.24) is 0 Å². The van der Waals surface area contributed by atoms with Crippen molar-refractivity contribution in [3.05, 3.63) is 113 Å². The van der Waals surface area contributed by atoms with Gasteiger partial charge in [-0.25, -0.2) is 0 Å². The first kappa shape index (κ1) is 20.5. The van der Waals surface area contributed by atoms with Crippen molar-refractivity contribution in [2.24, 2.45) is 0 Å². The van der Waals surface area contributed by atoms with E-state index in [2.05, 4.69) is 0 Å². The molecule has 3 nitrogen and oxygen atoms in total. The molecular weight excluding hydrogens is 434 g/mol. The van der Waals surface area contributed by atoms with Crippen LogP contribution in [0.15, 0.2) is 102 Å². The molecule has 1 aliphatic rings. The third-order valence-corrected chi connectivity index (χ3v) is 6.51. The van der Waals surface area contributed by atoms with Gasteiger partial charge < -0.3 is 4.74 Å². The van der Waals surface area contributed by atoms with Crippen molar-refractivity contribution in [3.63, 3.8) is 0 Å². The second-order valence-electron chi connectivity index (χ2n) is 7.36. The number of carbonyl (C=O) groups is 1. The van der Waals surface area contributed by atoms with Gasteiger partial charge in [0, 0.05) is 5.39 Å². The first-order valence-electron chi connectivity index (χ1n) is 10.2. The van der Waals surface area contributed by atoms with Gasteiger partial charge in [0.15, 0.2) is 4.32 Å². The zero-order valence-corrected chi connectivity index (χ0v) is 18.7. The van der Waals surface area contributed by atoms with Gasteiger partial charge in [-0.15, -0.1) is 0 Å². The molecule has 4 aromatic carbocycles. The maximum atomic E-state index is 13.3. The van der Waals surface area contributed by atoms with E-state index >= 15 is 0 Å². The number of rotatable bonds is 5. The molecular formula is C27H19NO2S2. The molecule has 0 N–H and O–H groups in total. The van der Waals surface area contributed by atoms with Crippen molar-refractivity contribution >= 4 is 56.7 Å². The predicted octanol–water partition coefficient (Wildman–Crippen LogP) is 6.82. The van der Waals surface area contributed by atoms with Crippen LogP contribution in [0.1, 0.15) is 11.1 Å². The Morgan fingerprint density at radius 3 is 2.50 bits per heavy atom.